The maximum atomic E-state index is 12.6. The maximum Gasteiger partial charge on any atom is 0.257 e. The van der Waals surface area contributed by atoms with E-state index in [4.69, 9.17) is 10.5 Å². The van der Waals surface area contributed by atoms with Crippen LogP contribution in [0.25, 0.3) is 0 Å². The molecule has 1 aliphatic heterocycles. The number of carbonyl (C=O) groups is 2. The van der Waals surface area contributed by atoms with E-state index in [9.17, 15) is 9.59 Å². The molecule has 1 fully saturated rings. The van der Waals surface area contributed by atoms with Gasteiger partial charge in [-0.1, -0.05) is 18.2 Å². The van der Waals surface area contributed by atoms with Crippen molar-refractivity contribution in [1.29, 1.82) is 0 Å². The third kappa shape index (κ3) is 5.32. The molecule has 2 N–H and O–H groups in total. The molecule has 0 saturated carbocycles. The molecule has 1 unspecified atom stereocenters. The van der Waals surface area contributed by atoms with E-state index < -0.39 is 0 Å². The summed E-state index contributed by atoms with van der Waals surface area (Å²) in [7, 11) is 0. The highest BCUT2D eigenvalue weighted by molar-refractivity contribution is 5.94. The summed E-state index contributed by atoms with van der Waals surface area (Å²) in [5.41, 5.74) is 6.31. The molecule has 2 amide bonds. The molecule has 28 heavy (non-hydrogen) atoms. The van der Waals surface area contributed by atoms with E-state index in [1.165, 1.54) is 0 Å². The topological polar surface area (TPSA) is 93.7 Å². The molecular weight excluding hydrogens is 358 g/mol. The number of nitrogens with two attached hydrogens (primary N) is 1. The van der Waals surface area contributed by atoms with Gasteiger partial charge in [0.2, 0.25) is 5.91 Å². The van der Waals surface area contributed by atoms with Gasteiger partial charge in [0.25, 0.3) is 5.91 Å². The molecule has 150 valence electrons. The van der Waals surface area contributed by atoms with E-state index >= 15 is 0 Å². The molecule has 0 aliphatic carbocycles. The fraction of sp³-hybridized carbons (Fsp3) is 0.450. The number of ether oxygens (including phenoxy) is 1. The van der Waals surface area contributed by atoms with Gasteiger partial charge in [-0.25, -0.2) is 0 Å². The first-order valence-electron chi connectivity index (χ1n) is 9.56. The molecule has 8 nitrogen and oxygen atoms in total. The monoisotopic (exact) mass is 385 g/mol. The van der Waals surface area contributed by atoms with Gasteiger partial charge >= 0.3 is 0 Å². The Morgan fingerprint density at radius 3 is 2.50 bits per heavy atom. The summed E-state index contributed by atoms with van der Waals surface area (Å²) in [6.45, 7) is 4.91. The van der Waals surface area contributed by atoms with Gasteiger partial charge in [0.1, 0.15) is 5.75 Å². The Morgan fingerprint density at radius 1 is 1.14 bits per heavy atom. The number of hydrogen-bond donors (Lipinski definition) is 1. The molecule has 2 aromatic rings. The molecule has 1 atom stereocenters. The lowest BCUT2D eigenvalue weighted by molar-refractivity contribution is -0.133. The van der Waals surface area contributed by atoms with Crippen molar-refractivity contribution in [2.75, 3.05) is 32.8 Å². The Balaban J connectivity index is 1.42. The SMILES string of the molecule is CC(N)Cn1cc(C(=O)N2CCN(C(=O)CCOc3ccccc3)CC2)cn1. The summed E-state index contributed by atoms with van der Waals surface area (Å²) >= 11 is 0. The molecule has 1 aliphatic rings. The van der Waals surface area contributed by atoms with Crippen LogP contribution in [0, 0.1) is 0 Å². The van der Waals surface area contributed by atoms with Crippen LogP contribution < -0.4 is 10.5 Å². The smallest absolute Gasteiger partial charge is 0.257 e. The summed E-state index contributed by atoms with van der Waals surface area (Å²) in [5, 5.41) is 4.18. The van der Waals surface area contributed by atoms with E-state index in [-0.39, 0.29) is 17.9 Å². The number of benzene rings is 1. The van der Waals surface area contributed by atoms with Crippen molar-refractivity contribution in [2.24, 2.45) is 5.73 Å². The quantitative estimate of drug-likeness (QED) is 0.767. The van der Waals surface area contributed by atoms with E-state index in [0.29, 0.717) is 51.3 Å². The lowest BCUT2D eigenvalue weighted by Crippen LogP contribution is -2.50. The molecule has 0 radical (unpaired) electrons. The average molecular weight is 385 g/mol. The lowest BCUT2D eigenvalue weighted by atomic mass is 10.2. The van der Waals surface area contributed by atoms with Gasteiger partial charge in [-0.2, -0.15) is 5.10 Å². The van der Waals surface area contributed by atoms with Crippen LogP contribution in [0.5, 0.6) is 5.75 Å². The van der Waals surface area contributed by atoms with Gasteiger partial charge in [0.05, 0.1) is 31.3 Å². The van der Waals surface area contributed by atoms with Crippen LogP contribution in [0.2, 0.25) is 0 Å². The number of hydrogen-bond acceptors (Lipinski definition) is 5. The molecule has 3 rings (SSSR count). The fourth-order valence-electron chi connectivity index (χ4n) is 3.14. The Bertz CT molecular complexity index is 782. The second-order valence-electron chi connectivity index (χ2n) is 7.01. The standard InChI is InChI=1S/C20H27N5O3/c1-16(21)14-25-15-17(13-22-25)20(27)24-10-8-23(9-11-24)19(26)7-12-28-18-5-3-2-4-6-18/h2-6,13,15-16H,7-12,14,21H2,1H3. The predicted octanol–water partition coefficient (Wildman–Crippen LogP) is 0.984. The van der Waals surface area contributed by atoms with Crippen LogP contribution in [-0.4, -0.2) is 70.2 Å². The second kappa shape index (κ2) is 9.36. The summed E-state index contributed by atoms with van der Waals surface area (Å²) in [5.74, 6) is 0.749. The van der Waals surface area contributed by atoms with Gasteiger partial charge in [-0.15, -0.1) is 0 Å². The lowest BCUT2D eigenvalue weighted by Gasteiger charge is -2.34. The Hall–Kier alpha value is -2.87. The second-order valence-corrected chi connectivity index (χ2v) is 7.01. The first kappa shape index (κ1) is 19.9. The summed E-state index contributed by atoms with van der Waals surface area (Å²) in [6.07, 6.45) is 3.63. The first-order chi connectivity index (χ1) is 13.5. The zero-order valence-electron chi connectivity index (χ0n) is 16.2. The third-order valence-corrected chi connectivity index (χ3v) is 4.60. The number of rotatable bonds is 7. The highest BCUT2D eigenvalue weighted by Gasteiger charge is 2.25. The van der Waals surface area contributed by atoms with Gasteiger partial charge in [0, 0.05) is 38.4 Å². The minimum Gasteiger partial charge on any atom is -0.493 e. The molecule has 1 saturated heterocycles. The Kier molecular flexibility index (Phi) is 6.65. The van der Waals surface area contributed by atoms with E-state index in [2.05, 4.69) is 5.10 Å². The highest BCUT2D eigenvalue weighted by atomic mass is 16.5. The average Bonchev–Trinajstić information content (AvgIpc) is 3.16. The minimum atomic E-state index is -0.0598. The molecule has 1 aromatic heterocycles. The largest absolute Gasteiger partial charge is 0.493 e. The van der Waals surface area contributed by atoms with Crippen molar-refractivity contribution >= 4 is 11.8 Å². The van der Waals surface area contributed by atoms with Crippen molar-refractivity contribution in [3.8, 4) is 5.75 Å². The van der Waals surface area contributed by atoms with E-state index in [1.54, 1.807) is 26.9 Å². The number of para-hydroxylation sites is 1. The normalized spacial score (nSPS) is 15.4. The molecule has 0 bridgehead atoms. The Morgan fingerprint density at radius 2 is 1.82 bits per heavy atom. The van der Waals surface area contributed by atoms with Crippen molar-refractivity contribution in [1.82, 2.24) is 19.6 Å². The number of nitrogens with zero attached hydrogens (tertiary/aromatic N) is 4. The minimum absolute atomic E-state index is 0.0247. The van der Waals surface area contributed by atoms with E-state index in [0.717, 1.165) is 5.75 Å². The van der Waals surface area contributed by atoms with Crippen LogP contribution in [0.15, 0.2) is 42.7 Å². The predicted molar refractivity (Wildman–Crippen MR) is 105 cm³/mol. The van der Waals surface area contributed by atoms with Crippen molar-refractivity contribution < 1.29 is 14.3 Å². The third-order valence-electron chi connectivity index (χ3n) is 4.60. The van der Waals surface area contributed by atoms with Crippen molar-refractivity contribution in [3.63, 3.8) is 0 Å². The summed E-state index contributed by atoms with van der Waals surface area (Å²) in [4.78, 5) is 28.5. The maximum absolute atomic E-state index is 12.6. The molecule has 0 spiro atoms. The van der Waals surface area contributed by atoms with Gasteiger partial charge in [-0.05, 0) is 19.1 Å². The zero-order chi connectivity index (χ0) is 19.9. The van der Waals surface area contributed by atoms with Crippen LogP contribution in [0.1, 0.15) is 23.7 Å². The van der Waals surface area contributed by atoms with Crippen LogP contribution >= 0.6 is 0 Å². The number of amides is 2. The van der Waals surface area contributed by atoms with Crippen LogP contribution in [0.4, 0.5) is 0 Å². The molecule has 1 aromatic carbocycles. The summed E-state index contributed by atoms with van der Waals surface area (Å²) in [6, 6.07) is 9.42. The van der Waals surface area contributed by atoms with Gasteiger partial charge in [-0.3, -0.25) is 14.3 Å². The van der Waals surface area contributed by atoms with Crippen molar-refractivity contribution in [2.45, 2.75) is 25.9 Å². The van der Waals surface area contributed by atoms with Crippen LogP contribution in [-0.2, 0) is 11.3 Å². The zero-order valence-corrected chi connectivity index (χ0v) is 16.2. The molecular formula is C20H27N5O3. The molecule has 2 heterocycles. The number of aromatic nitrogens is 2. The fourth-order valence-corrected chi connectivity index (χ4v) is 3.14. The highest BCUT2D eigenvalue weighted by Crippen LogP contribution is 2.11. The number of carbonyl (C=O) groups excluding carboxylic acids is 2. The number of piperazine rings is 1. The first-order valence-corrected chi connectivity index (χ1v) is 9.56. The van der Waals surface area contributed by atoms with Crippen molar-refractivity contribution in [3.05, 3.63) is 48.3 Å². The Labute approximate surface area is 164 Å². The van der Waals surface area contributed by atoms with Crippen LogP contribution in [0.3, 0.4) is 0 Å². The summed E-state index contributed by atoms with van der Waals surface area (Å²) < 4.78 is 7.27. The van der Waals surface area contributed by atoms with Gasteiger partial charge < -0.3 is 20.3 Å². The molecule has 8 heteroatoms. The van der Waals surface area contributed by atoms with Gasteiger partial charge in [0.15, 0.2) is 0 Å². The van der Waals surface area contributed by atoms with E-state index in [1.807, 2.05) is 37.3 Å².